The summed E-state index contributed by atoms with van der Waals surface area (Å²) in [6.45, 7) is 11.3. The first kappa shape index (κ1) is 29.6. The first-order valence-electron chi connectivity index (χ1n) is 14.1. The van der Waals surface area contributed by atoms with Gasteiger partial charge in [0.15, 0.2) is 11.5 Å². The zero-order chi connectivity index (χ0) is 29.4. The molecule has 0 radical (unpaired) electrons. The monoisotopic (exact) mass is 556 g/mol. The Labute approximate surface area is 242 Å². The highest BCUT2D eigenvalue weighted by Gasteiger charge is 2.24. The van der Waals surface area contributed by atoms with Crippen molar-refractivity contribution in [3.8, 4) is 17.2 Å². The third-order valence-corrected chi connectivity index (χ3v) is 7.48. The molecule has 1 N–H and O–H groups in total. The minimum atomic E-state index is -0.0488. The predicted molar refractivity (Wildman–Crippen MR) is 165 cm³/mol. The van der Waals surface area contributed by atoms with E-state index in [4.69, 9.17) is 14.2 Å². The summed E-state index contributed by atoms with van der Waals surface area (Å²) in [5.74, 6) is 3.03. The number of hydrogen-bond donors (Lipinski definition) is 1. The summed E-state index contributed by atoms with van der Waals surface area (Å²) in [7, 11) is 3.27. The van der Waals surface area contributed by atoms with Gasteiger partial charge in [-0.2, -0.15) is 0 Å². The smallest absolute Gasteiger partial charge is 0.245 e. The SMILES string of the molecule is C=CC(=O)N1CCC(Oc2cc3c(Nc4cc(/C(C)=C/C=C\C(C)CC)ccc4OC)ncnc3cc2OC)CC1. The predicted octanol–water partition coefficient (Wildman–Crippen LogP) is 6.95. The van der Waals surface area contributed by atoms with Gasteiger partial charge in [0.2, 0.25) is 5.91 Å². The van der Waals surface area contributed by atoms with E-state index in [1.807, 2.05) is 18.2 Å². The van der Waals surface area contributed by atoms with Gasteiger partial charge in [0.1, 0.15) is 24.0 Å². The van der Waals surface area contributed by atoms with Crippen molar-refractivity contribution in [2.24, 2.45) is 5.92 Å². The highest BCUT2D eigenvalue weighted by atomic mass is 16.5. The van der Waals surface area contributed by atoms with Gasteiger partial charge < -0.3 is 24.4 Å². The van der Waals surface area contributed by atoms with E-state index in [-0.39, 0.29) is 12.0 Å². The number of fused-ring (bicyclic) bond motifs is 1. The van der Waals surface area contributed by atoms with Crippen molar-refractivity contribution in [3.63, 3.8) is 0 Å². The van der Waals surface area contributed by atoms with Crippen molar-refractivity contribution < 1.29 is 19.0 Å². The van der Waals surface area contributed by atoms with Crippen molar-refractivity contribution in [1.82, 2.24) is 14.9 Å². The van der Waals surface area contributed by atoms with Crippen LogP contribution in [-0.2, 0) is 4.79 Å². The molecular formula is C33H40N4O4. The van der Waals surface area contributed by atoms with Crippen molar-refractivity contribution in [2.75, 3.05) is 32.6 Å². The molecule has 0 saturated carbocycles. The number of nitrogens with zero attached hydrogens (tertiary/aromatic N) is 3. The van der Waals surface area contributed by atoms with Crippen molar-refractivity contribution >= 4 is 33.9 Å². The van der Waals surface area contributed by atoms with Gasteiger partial charge in [-0.05, 0) is 48.3 Å². The molecule has 1 amide bonds. The van der Waals surface area contributed by atoms with Crippen LogP contribution < -0.4 is 19.5 Å². The molecule has 8 heteroatoms. The van der Waals surface area contributed by atoms with Crippen LogP contribution in [0.3, 0.4) is 0 Å². The highest BCUT2D eigenvalue weighted by Crippen LogP contribution is 2.38. The number of ether oxygens (including phenoxy) is 3. The Bertz CT molecular complexity index is 1440. The number of methoxy groups -OCH3 is 2. The maximum absolute atomic E-state index is 12.0. The molecule has 0 bridgehead atoms. The molecule has 1 saturated heterocycles. The van der Waals surface area contributed by atoms with Crippen LogP contribution in [0.5, 0.6) is 17.2 Å². The Kier molecular flexibility index (Phi) is 10.0. The van der Waals surface area contributed by atoms with Crippen molar-refractivity contribution in [3.05, 3.63) is 73.1 Å². The number of aromatic nitrogens is 2. The van der Waals surface area contributed by atoms with E-state index in [9.17, 15) is 4.79 Å². The molecule has 1 atom stereocenters. The Morgan fingerprint density at radius 2 is 1.88 bits per heavy atom. The van der Waals surface area contributed by atoms with E-state index in [1.165, 1.54) is 12.4 Å². The van der Waals surface area contributed by atoms with Crippen LogP contribution in [-0.4, -0.2) is 54.2 Å². The molecule has 1 unspecified atom stereocenters. The number of piperidine rings is 1. The number of allylic oxidation sites excluding steroid dienone is 4. The van der Waals surface area contributed by atoms with E-state index in [2.05, 4.69) is 73.0 Å². The number of nitrogens with one attached hydrogen (secondary N) is 1. The number of carbonyl (C=O) groups is 1. The lowest BCUT2D eigenvalue weighted by atomic mass is 10.0. The van der Waals surface area contributed by atoms with Gasteiger partial charge in [0, 0.05) is 37.4 Å². The van der Waals surface area contributed by atoms with E-state index < -0.39 is 0 Å². The molecule has 1 aliphatic heterocycles. The summed E-state index contributed by atoms with van der Waals surface area (Å²) in [4.78, 5) is 22.8. The number of rotatable bonds is 11. The van der Waals surface area contributed by atoms with E-state index >= 15 is 0 Å². The van der Waals surface area contributed by atoms with Gasteiger partial charge in [-0.1, -0.05) is 51.1 Å². The maximum atomic E-state index is 12.0. The molecule has 2 aromatic carbocycles. The normalized spacial score (nSPS) is 15.1. The zero-order valence-corrected chi connectivity index (χ0v) is 24.6. The minimum absolute atomic E-state index is 0.0443. The number of amides is 1. The molecule has 1 fully saturated rings. The number of anilines is 2. The summed E-state index contributed by atoms with van der Waals surface area (Å²) >= 11 is 0. The Balaban J connectivity index is 1.62. The molecule has 216 valence electrons. The van der Waals surface area contributed by atoms with Gasteiger partial charge in [-0.15, -0.1) is 0 Å². The second-order valence-corrected chi connectivity index (χ2v) is 10.2. The molecule has 2 heterocycles. The third kappa shape index (κ3) is 7.25. The first-order chi connectivity index (χ1) is 19.9. The molecule has 0 spiro atoms. The first-order valence-corrected chi connectivity index (χ1v) is 14.1. The third-order valence-electron chi connectivity index (χ3n) is 7.48. The average Bonchev–Trinajstić information content (AvgIpc) is 3.00. The Hall–Kier alpha value is -4.33. The second kappa shape index (κ2) is 13.8. The van der Waals surface area contributed by atoms with Crippen LogP contribution in [0.4, 0.5) is 11.5 Å². The van der Waals surface area contributed by atoms with Gasteiger partial charge in [-0.3, -0.25) is 4.79 Å². The van der Waals surface area contributed by atoms with Gasteiger partial charge in [0.25, 0.3) is 0 Å². The van der Waals surface area contributed by atoms with Crippen LogP contribution in [0.2, 0.25) is 0 Å². The summed E-state index contributed by atoms with van der Waals surface area (Å²) in [6.07, 6.45) is 11.9. The zero-order valence-electron chi connectivity index (χ0n) is 24.6. The molecule has 3 aromatic rings. The molecule has 1 aliphatic rings. The standard InChI is InChI=1S/C33H40N4O4/c1-7-22(3)10-9-11-23(4)24-12-13-29(39-5)28(18-24)36-33-26-19-31(30(40-6)20-27(26)34-21-35-33)41-25-14-16-37(17-15-25)32(38)8-2/h8-13,18-22,25H,2,7,14-17H2,1,3-6H3,(H,34,35,36)/b10-9-,23-11+. The van der Waals surface area contributed by atoms with E-state index in [1.54, 1.807) is 19.1 Å². The number of benzene rings is 2. The molecule has 41 heavy (non-hydrogen) atoms. The molecule has 8 nitrogen and oxygen atoms in total. The highest BCUT2D eigenvalue weighted by molar-refractivity contribution is 5.93. The van der Waals surface area contributed by atoms with Crippen LogP contribution in [0, 0.1) is 5.92 Å². The lowest BCUT2D eigenvalue weighted by Gasteiger charge is -2.31. The van der Waals surface area contributed by atoms with Gasteiger partial charge in [-0.25, -0.2) is 9.97 Å². The second-order valence-electron chi connectivity index (χ2n) is 10.2. The fourth-order valence-corrected chi connectivity index (χ4v) is 4.72. The van der Waals surface area contributed by atoms with Gasteiger partial charge >= 0.3 is 0 Å². The summed E-state index contributed by atoms with van der Waals surface area (Å²) in [6, 6.07) is 9.85. The quantitative estimate of drug-likeness (QED) is 0.202. The average molecular weight is 557 g/mol. The van der Waals surface area contributed by atoms with Crippen LogP contribution in [0.25, 0.3) is 16.5 Å². The van der Waals surface area contributed by atoms with Crippen LogP contribution in [0.15, 0.2) is 67.5 Å². The van der Waals surface area contributed by atoms with E-state index in [0.29, 0.717) is 42.1 Å². The summed E-state index contributed by atoms with van der Waals surface area (Å²) in [5.41, 5.74) is 3.73. The fraction of sp³-hybridized carbons (Fsp3) is 0.364. The molecule has 4 rings (SSSR count). The summed E-state index contributed by atoms with van der Waals surface area (Å²) < 4.78 is 17.7. The lowest BCUT2D eigenvalue weighted by molar-refractivity contribution is -0.127. The topological polar surface area (TPSA) is 85.8 Å². The number of carbonyl (C=O) groups excluding carboxylic acids is 1. The Morgan fingerprint density at radius 3 is 2.56 bits per heavy atom. The van der Waals surface area contributed by atoms with Crippen LogP contribution >= 0.6 is 0 Å². The molecular weight excluding hydrogens is 516 g/mol. The number of likely N-dealkylation sites (tertiary alicyclic amines) is 1. The van der Waals surface area contributed by atoms with Gasteiger partial charge in [0.05, 0.1) is 25.4 Å². The Morgan fingerprint density at radius 1 is 1.12 bits per heavy atom. The minimum Gasteiger partial charge on any atom is -0.495 e. The molecule has 1 aromatic heterocycles. The van der Waals surface area contributed by atoms with Crippen molar-refractivity contribution in [2.45, 2.75) is 46.1 Å². The largest absolute Gasteiger partial charge is 0.495 e. The fourth-order valence-electron chi connectivity index (χ4n) is 4.72. The lowest BCUT2D eigenvalue weighted by Crippen LogP contribution is -2.41. The maximum Gasteiger partial charge on any atom is 0.245 e. The van der Waals surface area contributed by atoms with E-state index in [0.717, 1.165) is 47.0 Å². The molecule has 0 aliphatic carbocycles. The summed E-state index contributed by atoms with van der Waals surface area (Å²) in [5, 5.41) is 4.26. The van der Waals surface area contributed by atoms with Crippen molar-refractivity contribution in [1.29, 1.82) is 0 Å². The van der Waals surface area contributed by atoms with Crippen LogP contribution in [0.1, 0.15) is 45.6 Å². The number of hydrogen-bond acceptors (Lipinski definition) is 7.